The highest BCUT2D eigenvalue weighted by atomic mass is 16.5. The molecule has 1 aliphatic heterocycles. The van der Waals surface area contributed by atoms with E-state index in [1.54, 1.807) is 17.8 Å². The first-order valence-corrected chi connectivity index (χ1v) is 14.2. The van der Waals surface area contributed by atoms with Gasteiger partial charge < -0.3 is 20.7 Å². The molecule has 0 atom stereocenters. The molecule has 0 bridgehead atoms. The molecule has 4 aromatic carbocycles. The number of nitrogens with zero attached hydrogens (tertiary/aromatic N) is 3. The Hall–Kier alpha value is -5.47. The molecule has 0 saturated heterocycles. The van der Waals surface area contributed by atoms with Crippen LogP contribution in [-0.4, -0.2) is 34.2 Å². The van der Waals surface area contributed by atoms with Gasteiger partial charge >= 0.3 is 0 Å². The molecule has 3 heterocycles. The Balaban J connectivity index is 1.09. The molecule has 0 unspecified atom stereocenters. The summed E-state index contributed by atoms with van der Waals surface area (Å²) in [5, 5.41) is 14.2. The number of hydrogen-bond donors (Lipinski definition) is 3. The van der Waals surface area contributed by atoms with Crippen molar-refractivity contribution in [1.29, 1.82) is 0 Å². The molecular formula is C35H30N6O2. The third kappa shape index (κ3) is 5.56. The topological polar surface area (TPSA) is 92.6 Å². The van der Waals surface area contributed by atoms with Gasteiger partial charge in [-0.05, 0) is 95.9 Å². The van der Waals surface area contributed by atoms with Crippen LogP contribution < -0.4 is 20.7 Å². The van der Waals surface area contributed by atoms with Gasteiger partial charge in [0.05, 0.1) is 24.5 Å². The molecule has 1 aliphatic rings. The lowest BCUT2D eigenvalue weighted by Crippen LogP contribution is -2.24. The fourth-order valence-corrected chi connectivity index (χ4v) is 5.39. The Morgan fingerprint density at radius 1 is 0.837 bits per heavy atom. The molecule has 0 spiro atoms. The van der Waals surface area contributed by atoms with Crippen LogP contribution in [0.1, 0.15) is 21.5 Å². The van der Waals surface area contributed by atoms with Crippen molar-refractivity contribution in [3.63, 3.8) is 0 Å². The second-order valence-corrected chi connectivity index (χ2v) is 10.5. The summed E-state index contributed by atoms with van der Waals surface area (Å²) in [5.74, 6) is 1.30. The van der Waals surface area contributed by atoms with Gasteiger partial charge in [0.2, 0.25) is 5.95 Å². The highest BCUT2D eigenvalue weighted by Crippen LogP contribution is 2.29. The third-order valence-corrected chi connectivity index (χ3v) is 7.72. The second-order valence-electron chi connectivity index (χ2n) is 10.5. The molecule has 6 aromatic rings. The first kappa shape index (κ1) is 26.4. The maximum absolute atomic E-state index is 12.9. The Labute approximate surface area is 249 Å². The van der Waals surface area contributed by atoms with E-state index >= 15 is 0 Å². The van der Waals surface area contributed by atoms with Crippen LogP contribution >= 0.6 is 0 Å². The summed E-state index contributed by atoms with van der Waals surface area (Å²) < 4.78 is 7.15. The minimum atomic E-state index is -0.118. The number of methoxy groups -OCH3 is 1. The number of anilines is 3. The lowest BCUT2D eigenvalue weighted by Gasteiger charge is -2.17. The average molecular weight is 567 g/mol. The van der Waals surface area contributed by atoms with Gasteiger partial charge in [-0.2, -0.15) is 5.10 Å². The Bertz CT molecular complexity index is 1930. The summed E-state index contributed by atoms with van der Waals surface area (Å²) in [4.78, 5) is 17.8. The van der Waals surface area contributed by atoms with Crippen LogP contribution in [0.2, 0.25) is 0 Å². The SMILES string of the molecule is COc1cccc(-c2ccc(-c3cc4ccnn4c(Nc4ccc(NC(=O)c5ccc6c(c5)CCNC6)cc4)n3)cc2)c1. The standard InChI is InChI=1S/C35H30N6O2/c1-43-32-4-2-3-25(20-32)23-5-7-24(8-6-23)33-21-31-16-18-37-41(31)35(40-33)39-30-13-11-29(12-14-30)38-34(42)27-9-10-28-22-36-17-15-26(28)19-27/h2-14,16,18-21,36H,15,17,22H2,1H3,(H,38,42)(H,39,40). The third-order valence-electron chi connectivity index (χ3n) is 7.72. The zero-order chi connectivity index (χ0) is 29.2. The summed E-state index contributed by atoms with van der Waals surface area (Å²) in [6, 6.07) is 33.8. The number of carbonyl (C=O) groups is 1. The number of benzene rings is 4. The maximum Gasteiger partial charge on any atom is 0.255 e. The molecule has 1 amide bonds. The molecule has 8 heteroatoms. The quantitative estimate of drug-likeness (QED) is 0.199. The van der Waals surface area contributed by atoms with Crippen LogP contribution in [0.25, 0.3) is 27.9 Å². The zero-order valence-corrected chi connectivity index (χ0v) is 23.7. The van der Waals surface area contributed by atoms with E-state index in [0.717, 1.165) is 64.5 Å². The van der Waals surface area contributed by atoms with Crippen molar-refractivity contribution in [3.8, 4) is 28.1 Å². The van der Waals surface area contributed by atoms with Crippen molar-refractivity contribution in [2.24, 2.45) is 0 Å². The van der Waals surface area contributed by atoms with E-state index in [1.165, 1.54) is 11.1 Å². The smallest absolute Gasteiger partial charge is 0.255 e. The summed E-state index contributed by atoms with van der Waals surface area (Å²) in [7, 11) is 1.67. The van der Waals surface area contributed by atoms with Gasteiger partial charge in [-0.3, -0.25) is 4.79 Å². The van der Waals surface area contributed by atoms with E-state index in [4.69, 9.17) is 9.72 Å². The number of fused-ring (bicyclic) bond motifs is 2. The van der Waals surface area contributed by atoms with Gasteiger partial charge in [-0.15, -0.1) is 0 Å². The summed E-state index contributed by atoms with van der Waals surface area (Å²) in [6.45, 7) is 1.79. The van der Waals surface area contributed by atoms with E-state index in [0.29, 0.717) is 11.5 Å². The molecule has 7 rings (SSSR count). The zero-order valence-electron chi connectivity index (χ0n) is 23.7. The lowest BCUT2D eigenvalue weighted by molar-refractivity contribution is 0.102. The van der Waals surface area contributed by atoms with Gasteiger partial charge in [-0.1, -0.05) is 42.5 Å². The van der Waals surface area contributed by atoms with Crippen LogP contribution in [0, 0.1) is 0 Å². The molecule has 0 saturated carbocycles. The minimum absolute atomic E-state index is 0.118. The Morgan fingerprint density at radius 3 is 2.49 bits per heavy atom. The largest absolute Gasteiger partial charge is 0.497 e. The van der Waals surface area contributed by atoms with E-state index in [2.05, 4.69) is 51.4 Å². The normalized spacial score (nSPS) is 12.5. The number of nitrogens with one attached hydrogen (secondary N) is 3. The van der Waals surface area contributed by atoms with Gasteiger partial charge in [-0.25, -0.2) is 9.50 Å². The molecule has 2 aromatic heterocycles. The summed E-state index contributed by atoms with van der Waals surface area (Å²) in [6.07, 6.45) is 2.69. The van der Waals surface area contributed by atoms with Crippen molar-refractivity contribution in [2.75, 3.05) is 24.3 Å². The highest BCUT2D eigenvalue weighted by Gasteiger charge is 2.14. The van der Waals surface area contributed by atoms with Crippen molar-refractivity contribution in [3.05, 3.63) is 126 Å². The second kappa shape index (κ2) is 11.4. The van der Waals surface area contributed by atoms with Crippen LogP contribution in [0.5, 0.6) is 5.75 Å². The first-order chi connectivity index (χ1) is 21.1. The molecule has 43 heavy (non-hydrogen) atoms. The number of hydrogen-bond acceptors (Lipinski definition) is 6. The van der Waals surface area contributed by atoms with Crippen molar-refractivity contribution < 1.29 is 9.53 Å². The predicted molar refractivity (Wildman–Crippen MR) is 170 cm³/mol. The van der Waals surface area contributed by atoms with E-state index < -0.39 is 0 Å². The number of carbonyl (C=O) groups excluding carboxylic acids is 1. The van der Waals surface area contributed by atoms with Gasteiger partial charge in [0.15, 0.2) is 0 Å². The first-order valence-electron chi connectivity index (χ1n) is 14.2. The average Bonchev–Trinajstić information content (AvgIpc) is 3.55. The van der Waals surface area contributed by atoms with Crippen LogP contribution in [0.15, 0.2) is 109 Å². The highest BCUT2D eigenvalue weighted by molar-refractivity contribution is 6.04. The fraction of sp³-hybridized carbons (Fsp3) is 0.114. The van der Waals surface area contributed by atoms with Gasteiger partial charge in [0, 0.05) is 29.0 Å². The Morgan fingerprint density at radius 2 is 1.65 bits per heavy atom. The van der Waals surface area contributed by atoms with Crippen molar-refractivity contribution >= 4 is 28.7 Å². The number of amides is 1. The lowest BCUT2D eigenvalue weighted by atomic mass is 9.98. The van der Waals surface area contributed by atoms with Crippen molar-refractivity contribution in [1.82, 2.24) is 19.9 Å². The number of rotatable bonds is 7. The molecule has 0 radical (unpaired) electrons. The molecule has 3 N–H and O–H groups in total. The monoisotopic (exact) mass is 566 g/mol. The summed E-state index contributed by atoms with van der Waals surface area (Å²) in [5.41, 5.74) is 9.65. The van der Waals surface area contributed by atoms with E-state index in [1.807, 2.05) is 72.8 Å². The van der Waals surface area contributed by atoms with Crippen LogP contribution in [0.4, 0.5) is 17.3 Å². The summed E-state index contributed by atoms with van der Waals surface area (Å²) >= 11 is 0. The van der Waals surface area contributed by atoms with E-state index in [-0.39, 0.29) is 5.91 Å². The molecule has 0 fully saturated rings. The molecule has 0 aliphatic carbocycles. The molecular weight excluding hydrogens is 536 g/mol. The minimum Gasteiger partial charge on any atom is -0.497 e. The predicted octanol–water partition coefficient (Wildman–Crippen LogP) is 6.71. The fourth-order valence-electron chi connectivity index (χ4n) is 5.39. The van der Waals surface area contributed by atoms with Crippen molar-refractivity contribution in [2.45, 2.75) is 13.0 Å². The van der Waals surface area contributed by atoms with E-state index in [9.17, 15) is 4.79 Å². The Kier molecular flexibility index (Phi) is 7.02. The molecule has 212 valence electrons. The van der Waals surface area contributed by atoms with Crippen LogP contribution in [-0.2, 0) is 13.0 Å². The van der Waals surface area contributed by atoms with Gasteiger partial charge in [0.1, 0.15) is 5.75 Å². The van der Waals surface area contributed by atoms with Gasteiger partial charge in [0.25, 0.3) is 5.91 Å². The maximum atomic E-state index is 12.9. The van der Waals surface area contributed by atoms with Crippen LogP contribution in [0.3, 0.4) is 0 Å². The molecule has 8 nitrogen and oxygen atoms in total. The number of aromatic nitrogens is 3. The number of ether oxygens (including phenoxy) is 1.